The lowest BCUT2D eigenvalue weighted by molar-refractivity contribution is 0.0584. The van der Waals surface area contributed by atoms with Crippen molar-refractivity contribution >= 4 is 27.7 Å². The first-order valence-electron chi connectivity index (χ1n) is 6.07. The highest BCUT2D eigenvalue weighted by atomic mass is 79.9. The molecule has 1 aliphatic rings. The largest absolute Gasteiger partial charge is 0.443 e. The number of carbonyl (C=O) groups is 1. The summed E-state index contributed by atoms with van der Waals surface area (Å²) in [5.74, 6) is 0. The molecule has 0 unspecified atom stereocenters. The lowest BCUT2D eigenvalue weighted by Crippen LogP contribution is -2.35. The number of anilines is 1. The SMILES string of the molecule is Cc1cc2c(cc1Br)CCN2C(=O)OC(C)(C)C. The fourth-order valence-corrected chi connectivity index (χ4v) is 2.41. The Morgan fingerprint density at radius 1 is 1.39 bits per heavy atom. The molecular weight excluding hydrogens is 294 g/mol. The molecule has 98 valence electrons. The van der Waals surface area contributed by atoms with Crippen molar-refractivity contribution in [2.45, 2.75) is 39.7 Å². The second-order valence-electron chi connectivity index (χ2n) is 5.61. The van der Waals surface area contributed by atoms with E-state index in [9.17, 15) is 4.79 Å². The molecule has 1 aromatic rings. The average Bonchev–Trinajstić information content (AvgIpc) is 2.59. The molecule has 1 amide bonds. The van der Waals surface area contributed by atoms with Crippen molar-refractivity contribution in [2.24, 2.45) is 0 Å². The van der Waals surface area contributed by atoms with E-state index in [2.05, 4.69) is 22.0 Å². The van der Waals surface area contributed by atoms with Crippen molar-refractivity contribution in [3.8, 4) is 0 Å². The second kappa shape index (κ2) is 4.57. The monoisotopic (exact) mass is 311 g/mol. The Morgan fingerprint density at radius 3 is 2.67 bits per heavy atom. The molecule has 1 aliphatic heterocycles. The maximum Gasteiger partial charge on any atom is 0.414 e. The standard InChI is InChI=1S/C14H18BrNO2/c1-9-7-12-10(8-11(9)15)5-6-16(12)13(17)18-14(2,3)4/h7-8H,5-6H2,1-4H3. The van der Waals surface area contributed by atoms with Gasteiger partial charge in [0.2, 0.25) is 0 Å². The van der Waals surface area contributed by atoms with Crippen LogP contribution in [0.3, 0.4) is 0 Å². The Kier molecular flexibility index (Phi) is 3.41. The summed E-state index contributed by atoms with van der Waals surface area (Å²) in [6.45, 7) is 8.37. The fourth-order valence-electron chi connectivity index (χ4n) is 2.02. The Bertz CT molecular complexity index is 491. The van der Waals surface area contributed by atoms with Crippen molar-refractivity contribution in [3.63, 3.8) is 0 Å². The van der Waals surface area contributed by atoms with Gasteiger partial charge in [0.1, 0.15) is 5.60 Å². The minimum atomic E-state index is -0.454. The molecule has 0 saturated carbocycles. The molecule has 1 aromatic carbocycles. The molecule has 0 fully saturated rings. The minimum absolute atomic E-state index is 0.261. The predicted octanol–water partition coefficient (Wildman–Crippen LogP) is 4.06. The van der Waals surface area contributed by atoms with Crippen molar-refractivity contribution in [3.05, 3.63) is 27.7 Å². The predicted molar refractivity (Wildman–Crippen MR) is 76.2 cm³/mol. The van der Waals surface area contributed by atoms with Gasteiger partial charge in [-0.15, -0.1) is 0 Å². The summed E-state index contributed by atoms with van der Waals surface area (Å²) < 4.78 is 6.51. The summed E-state index contributed by atoms with van der Waals surface area (Å²) in [7, 11) is 0. The minimum Gasteiger partial charge on any atom is -0.443 e. The molecule has 0 aliphatic carbocycles. The van der Waals surface area contributed by atoms with Gasteiger partial charge in [0.05, 0.1) is 5.69 Å². The number of amides is 1. The van der Waals surface area contributed by atoms with E-state index in [1.165, 1.54) is 5.56 Å². The van der Waals surface area contributed by atoms with E-state index in [0.717, 1.165) is 22.1 Å². The average molecular weight is 312 g/mol. The molecule has 0 bridgehead atoms. The Morgan fingerprint density at radius 2 is 2.06 bits per heavy atom. The van der Waals surface area contributed by atoms with E-state index < -0.39 is 5.60 Å². The summed E-state index contributed by atoms with van der Waals surface area (Å²) in [5.41, 5.74) is 2.84. The maximum absolute atomic E-state index is 12.1. The Hall–Kier alpha value is -1.03. The van der Waals surface area contributed by atoms with Gasteiger partial charge >= 0.3 is 6.09 Å². The third kappa shape index (κ3) is 2.69. The van der Waals surface area contributed by atoms with E-state index in [0.29, 0.717) is 6.54 Å². The molecule has 1 heterocycles. The number of carbonyl (C=O) groups excluding carboxylic acids is 1. The van der Waals surface area contributed by atoms with Crippen LogP contribution in [0.5, 0.6) is 0 Å². The van der Waals surface area contributed by atoms with E-state index >= 15 is 0 Å². The number of hydrogen-bond donors (Lipinski definition) is 0. The van der Waals surface area contributed by atoms with E-state index in [4.69, 9.17) is 4.74 Å². The summed E-state index contributed by atoms with van der Waals surface area (Å²) in [6.07, 6.45) is 0.621. The van der Waals surface area contributed by atoms with Crippen LogP contribution in [0.2, 0.25) is 0 Å². The van der Waals surface area contributed by atoms with Crippen LogP contribution in [0.1, 0.15) is 31.9 Å². The van der Waals surface area contributed by atoms with Gasteiger partial charge in [-0.1, -0.05) is 15.9 Å². The second-order valence-corrected chi connectivity index (χ2v) is 6.47. The summed E-state index contributed by atoms with van der Waals surface area (Å²) in [5, 5.41) is 0. The molecular formula is C14H18BrNO2. The van der Waals surface area contributed by atoms with Crippen LogP contribution in [0.15, 0.2) is 16.6 Å². The number of ether oxygens (including phenoxy) is 1. The number of fused-ring (bicyclic) bond motifs is 1. The number of halogens is 1. The van der Waals surface area contributed by atoms with E-state index in [1.807, 2.05) is 33.8 Å². The van der Waals surface area contributed by atoms with Crippen molar-refractivity contribution in [2.75, 3.05) is 11.4 Å². The molecule has 0 N–H and O–H groups in total. The number of aryl methyl sites for hydroxylation is 1. The molecule has 0 radical (unpaired) electrons. The number of rotatable bonds is 0. The maximum atomic E-state index is 12.1. The van der Waals surface area contributed by atoms with Crippen LogP contribution < -0.4 is 4.90 Å². The van der Waals surface area contributed by atoms with Gasteiger partial charge < -0.3 is 4.74 Å². The third-order valence-electron chi connectivity index (χ3n) is 2.87. The number of hydrogen-bond acceptors (Lipinski definition) is 2. The van der Waals surface area contributed by atoms with Gasteiger partial charge in [0.15, 0.2) is 0 Å². The molecule has 0 aromatic heterocycles. The molecule has 2 rings (SSSR count). The molecule has 18 heavy (non-hydrogen) atoms. The summed E-state index contributed by atoms with van der Waals surface area (Å²) in [4.78, 5) is 13.8. The molecule has 0 spiro atoms. The first-order valence-corrected chi connectivity index (χ1v) is 6.87. The number of benzene rings is 1. The zero-order chi connectivity index (χ0) is 13.5. The van der Waals surface area contributed by atoms with Gasteiger partial charge in [-0.25, -0.2) is 4.79 Å². The van der Waals surface area contributed by atoms with E-state index in [1.54, 1.807) is 4.90 Å². The fraction of sp³-hybridized carbons (Fsp3) is 0.500. The molecule has 4 heteroatoms. The van der Waals surface area contributed by atoms with Gasteiger partial charge in [-0.3, -0.25) is 4.90 Å². The lowest BCUT2D eigenvalue weighted by Gasteiger charge is -2.25. The Balaban J connectivity index is 2.26. The van der Waals surface area contributed by atoms with Crippen LogP contribution in [-0.4, -0.2) is 18.2 Å². The molecule has 0 atom stereocenters. The van der Waals surface area contributed by atoms with Gasteiger partial charge in [-0.05, 0) is 57.4 Å². The van der Waals surface area contributed by atoms with Crippen molar-refractivity contribution < 1.29 is 9.53 Å². The third-order valence-corrected chi connectivity index (χ3v) is 3.72. The topological polar surface area (TPSA) is 29.5 Å². The zero-order valence-corrected chi connectivity index (χ0v) is 12.8. The first kappa shape index (κ1) is 13.4. The van der Waals surface area contributed by atoms with E-state index in [-0.39, 0.29) is 6.09 Å². The van der Waals surface area contributed by atoms with Crippen molar-refractivity contribution in [1.29, 1.82) is 0 Å². The van der Waals surface area contributed by atoms with Crippen LogP contribution in [0.25, 0.3) is 0 Å². The smallest absolute Gasteiger partial charge is 0.414 e. The summed E-state index contributed by atoms with van der Waals surface area (Å²) in [6, 6.07) is 4.13. The van der Waals surface area contributed by atoms with Gasteiger partial charge in [0.25, 0.3) is 0 Å². The quantitative estimate of drug-likeness (QED) is 0.723. The molecule has 0 saturated heterocycles. The van der Waals surface area contributed by atoms with Crippen LogP contribution in [-0.2, 0) is 11.2 Å². The highest BCUT2D eigenvalue weighted by Gasteiger charge is 2.29. The van der Waals surface area contributed by atoms with Crippen LogP contribution in [0.4, 0.5) is 10.5 Å². The highest BCUT2D eigenvalue weighted by Crippen LogP contribution is 2.33. The normalized spacial score (nSPS) is 14.6. The van der Waals surface area contributed by atoms with Crippen LogP contribution >= 0.6 is 15.9 Å². The summed E-state index contributed by atoms with van der Waals surface area (Å²) >= 11 is 3.52. The van der Waals surface area contributed by atoms with Gasteiger partial charge in [-0.2, -0.15) is 0 Å². The highest BCUT2D eigenvalue weighted by molar-refractivity contribution is 9.10. The zero-order valence-electron chi connectivity index (χ0n) is 11.2. The lowest BCUT2D eigenvalue weighted by atomic mass is 10.1. The molecule has 3 nitrogen and oxygen atoms in total. The number of nitrogens with zero attached hydrogens (tertiary/aromatic N) is 1. The van der Waals surface area contributed by atoms with Crippen LogP contribution in [0, 0.1) is 6.92 Å². The van der Waals surface area contributed by atoms with Crippen molar-refractivity contribution in [1.82, 2.24) is 0 Å². The van der Waals surface area contributed by atoms with Gasteiger partial charge in [0, 0.05) is 11.0 Å². The Labute approximate surface area is 116 Å². The first-order chi connectivity index (χ1) is 8.28.